The lowest BCUT2D eigenvalue weighted by atomic mass is 10.1. The Kier molecular flexibility index (Phi) is 6.29. The molecule has 0 radical (unpaired) electrons. The summed E-state index contributed by atoms with van der Waals surface area (Å²) in [6.45, 7) is 0.975. The van der Waals surface area contributed by atoms with E-state index in [1.807, 2.05) is 0 Å². The molecular weight excluding hydrogens is 390 g/mol. The Hall–Kier alpha value is -3.90. The highest BCUT2D eigenvalue weighted by atomic mass is 16.5. The predicted octanol–water partition coefficient (Wildman–Crippen LogP) is 2.38. The van der Waals surface area contributed by atoms with Crippen molar-refractivity contribution in [3.8, 4) is 23.3 Å². The minimum absolute atomic E-state index is 0.207. The molecule has 1 aromatic carbocycles. The number of nitriles is 1. The fourth-order valence-corrected chi connectivity index (χ4v) is 2.99. The van der Waals surface area contributed by atoms with Crippen LogP contribution in [0.1, 0.15) is 22.3 Å². The van der Waals surface area contributed by atoms with Crippen molar-refractivity contribution in [1.29, 1.82) is 5.26 Å². The highest BCUT2D eigenvalue weighted by Gasteiger charge is 2.17. The van der Waals surface area contributed by atoms with Gasteiger partial charge in [0.2, 0.25) is 0 Å². The molecule has 30 heavy (non-hydrogen) atoms. The topological polar surface area (TPSA) is 124 Å². The fourth-order valence-electron chi connectivity index (χ4n) is 2.99. The van der Waals surface area contributed by atoms with Gasteiger partial charge in [0.15, 0.2) is 16.9 Å². The van der Waals surface area contributed by atoms with Gasteiger partial charge < -0.3 is 23.9 Å². The molecule has 2 aromatic heterocycles. The van der Waals surface area contributed by atoms with Crippen LogP contribution in [0.15, 0.2) is 41.6 Å². The number of rotatable bonds is 8. The Balaban J connectivity index is 2.19. The summed E-state index contributed by atoms with van der Waals surface area (Å²) in [5.41, 5.74) is 0.0750. The van der Waals surface area contributed by atoms with Gasteiger partial charge in [0.05, 0.1) is 30.5 Å². The molecule has 2 heterocycles. The smallest absolute Gasteiger partial charge is 0.341 e. The van der Waals surface area contributed by atoms with Gasteiger partial charge in [-0.1, -0.05) is 0 Å². The molecule has 3 aromatic rings. The van der Waals surface area contributed by atoms with Gasteiger partial charge in [-0.15, -0.1) is 0 Å². The molecule has 0 saturated heterocycles. The van der Waals surface area contributed by atoms with Gasteiger partial charge in [0, 0.05) is 56.2 Å². The zero-order valence-corrected chi connectivity index (χ0v) is 16.4. The van der Waals surface area contributed by atoms with Gasteiger partial charge in [-0.2, -0.15) is 5.26 Å². The van der Waals surface area contributed by atoms with Crippen molar-refractivity contribution in [3.63, 3.8) is 0 Å². The van der Waals surface area contributed by atoms with E-state index in [4.69, 9.17) is 14.2 Å². The molecule has 154 valence electrons. The predicted molar refractivity (Wildman–Crippen MR) is 108 cm³/mol. The van der Waals surface area contributed by atoms with Crippen LogP contribution in [-0.4, -0.2) is 48.1 Å². The summed E-state index contributed by atoms with van der Waals surface area (Å²) in [6, 6.07) is 6.55. The number of carboxylic acid groups (broad SMARTS) is 1. The molecule has 0 fully saturated rings. The van der Waals surface area contributed by atoms with Gasteiger partial charge in [0.1, 0.15) is 11.6 Å². The Bertz CT molecular complexity index is 1200. The normalized spacial score (nSPS) is 10.6. The van der Waals surface area contributed by atoms with Crippen molar-refractivity contribution in [2.75, 3.05) is 27.4 Å². The van der Waals surface area contributed by atoms with Crippen LogP contribution in [0.5, 0.6) is 11.5 Å². The van der Waals surface area contributed by atoms with Gasteiger partial charge in [-0.25, -0.2) is 4.79 Å². The number of fused-ring (bicyclic) bond motifs is 1. The van der Waals surface area contributed by atoms with Crippen molar-refractivity contribution in [2.24, 2.45) is 0 Å². The highest BCUT2D eigenvalue weighted by molar-refractivity contribution is 5.93. The minimum atomic E-state index is -1.35. The molecular formula is C21H19N3O6. The van der Waals surface area contributed by atoms with Crippen molar-refractivity contribution < 1.29 is 24.1 Å². The van der Waals surface area contributed by atoms with Gasteiger partial charge in [-0.05, 0) is 6.07 Å². The van der Waals surface area contributed by atoms with E-state index in [1.54, 1.807) is 19.2 Å². The lowest BCUT2D eigenvalue weighted by Crippen LogP contribution is -2.16. The van der Waals surface area contributed by atoms with Crippen LogP contribution in [0.2, 0.25) is 0 Å². The summed E-state index contributed by atoms with van der Waals surface area (Å²) in [5, 5.41) is 19.4. The molecule has 0 saturated carbocycles. The minimum Gasteiger partial charge on any atom is -0.493 e. The second-order valence-electron chi connectivity index (χ2n) is 6.28. The van der Waals surface area contributed by atoms with E-state index in [-0.39, 0.29) is 5.56 Å². The van der Waals surface area contributed by atoms with Crippen LogP contribution in [0.3, 0.4) is 0 Å². The summed E-state index contributed by atoms with van der Waals surface area (Å²) < 4.78 is 17.6. The third-order valence-corrected chi connectivity index (χ3v) is 4.40. The first kappa shape index (κ1) is 20.8. The van der Waals surface area contributed by atoms with E-state index in [2.05, 4.69) is 11.1 Å². The largest absolute Gasteiger partial charge is 0.493 e. The number of benzene rings is 1. The van der Waals surface area contributed by atoms with Crippen molar-refractivity contribution >= 4 is 16.9 Å². The molecule has 0 aliphatic heterocycles. The molecule has 0 amide bonds. The maximum Gasteiger partial charge on any atom is 0.341 e. The second-order valence-corrected chi connectivity index (χ2v) is 6.28. The molecule has 1 N–H and O–H groups in total. The molecule has 0 spiro atoms. The number of methoxy groups -OCH3 is 2. The molecule has 0 unspecified atom stereocenters. The highest BCUT2D eigenvalue weighted by Crippen LogP contribution is 2.35. The molecule has 3 rings (SSSR count). The first-order valence-corrected chi connectivity index (χ1v) is 8.98. The summed E-state index contributed by atoms with van der Waals surface area (Å²) in [7, 11) is 3.11. The van der Waals surface area contributed by atoms with Crippen LogP contribution >= 0.6 is 0 Å². The van der Waals surface area contributed by atoms with E-state index >= 15 is 0 Å². The Morgan fingerprint density at radius 1 is 1.27 bits per heavy atom. The molecule has 9 nitrogen and oxygen atoms in total. The first-order valence-electron chi connectivity index (χ1n) is 8.98. The van der Waals surface area contributed by atoms with E-state index in [9.17, 15) is 20.0 Å². The maximum absolute atomic E-state index is 11.8. The van der Waals surface area contributed by atoms with Gasteiger partial charge >= 0.3 is 5.97 Å². The van der Waals surface area contributed by atoms with Crippen LogP contribution in [0, 0.1) is 11.3 Å². The number of hydrogen-bond acceptors (Lipinski definition) is 7. The SMILES string of the molecule is COCCCOc1cc2ncc(C#N)c(-n3ccc(=O)c(C(=O)O)c3)c2cc1OC. The zero-order valence-electron chi connectivity index (χ0n) is 16.4. The zero-order chi connectivity index (χ0) is 21.7. The number of aromatic nitrogens is 2. The summed E-state index contributed by atoms with van der Waals surface area (Å²) in [5.74, 6) is -0.441. The van der Waals surface area contributed by atoms with Gasteiger partial charge in [0.25, 0.3) is 0 Å². The third-order valence-electron chi connectivity index (χ3n) is 4.40. The Morgan fingerprint density at radius 2 is 2.07 bits per heavy atom. The van der Waals surface area contributed by atoms with E-state index in [0.29, 0.717) is 47.7 Å². The number of aromatic carboxylic acids is 1. The molecule has 0 atom stereocenters. The van der Waals surface area contributed by atoms with Crippen LogP contribution in [0.4, 0.5) is 0 Å². The number of hydrogen-bond donors (Lipinski definition) is 1. The lowest BCUT2D eigenvalue weighted by Gasteiger charge is -2.16. The maximum atomic E-state index is 11.8. The van der Waals surface area contributed by atoms with Crippen LogP contribution in [-0.2, 0) is 4.74 Å². The average Bonchev–Trinajstić information content (AvgIpc) is 2.75. The summed E-state index contributed by atoms with van der Waals surface area (Å²) in [4.78, 5) is 27.5. The molecule has 0 aliphatic carbocycles. The van der Waals surface area contributed by atoms with Crippen LogP contribution < -0.4 is 14.9 Å². The second kappa shape index (κ2) is 9.07. The van der Waals surface area contributed by atoms with Crippen LogP contribution in [0.25, 0.3) is 16.6 Å². The van der Waals surface area contributed by atoms with E-state index < -0.39 is 17.0 Å². The van der Waals surface area contributed by atoms with E-state index in [0.717, 1.165) is 6.07 Å². The lowest BCUT2D eigenvalue weighted by molar-refractivity contribution is 0.0694. The summed E-state index contributed by atoms with van der Waals surface area (Å²) in [6.07, 6.45) is 4.67. The monoisotopic (exact) mass is 409 g/mol. The number of carboxylic acids is 1. The summed E-state index contributed by atoms with van der Waals surface area (Å²) >= 11 is 0. The number of pyridine rings is 2. The molecule has 0 aliphatic rings. The van der Waals surface area contributed by atoms with Crippen molar-refractivity contribution in [1.82, 2.24) is 9.55 Å². The van der Waals surface area contributed by atoms with Crippen molar-refractivity contribution in [3.05, 3.63) is 58.1 Å². The molecule has 0 bridgehead atoms. The third kappa shape index (κ3) is 4.09. The quantitative estimate of drug-likeness (QED) is 0.563. The average molecular weight is 409 g/mol. The fraction of sp³-hybridized carbons (Fsp3) is 0.238. The number of carbonyl (C=O) groups is 1. The Morgan fingerprint density at radius 3 is 2.73 bits per heavy atom. The van der Waals surface area contributed by atoms with E-state index in [1.165, 1.54) is 30.3 Å². The van der Waals surface area contributed by atoms with Gasteiger partial charge in [-0.3, -0.25) is 9.78 Å². The standard InChI is InChI=1S/C21H19N3O6/c1-28-6-3-7-30-19-9-16-14(8-18(19)29-2)20(13(10-22)11-23-16)24-5-4-17(25)15(12-24)21(26)27/h4-5,8-9,11-12H,3,6-7H2,1-2H3,(H,26,27). The number of ether oxygens (including phenoxy) is 3. The molecule has 9 heteroatoms. The van der Waals surface area contributed by atoms with Crippen molar-refractivity contribution in [2.45, 2.75) is 6.42 Å². The Labute approximate surface area is 171 Å². The number of nitrogens with zero attached hydrogens (tertiary/aromatic N) is 3. The first-order chi connectivity index (χ1) is 14.5.